The van der Waals surface area contributed by atoms with Crippen LogP contribution in [-0.2, 0) is 13.6 Å². The van der Waals surface area contributed by atoms with Crippen LogP contribution in [0.15, 0.2) is 30.5 Å². The van der Waals surface area contributed by atoms with E-state index in [-0.39, 0.29) is 30.7 Å². The van der Waals surface area contributed by atoms with E-state index in [1.165, 1.54) is 6.07 Å². The highest BCUT2D eigenvalue weighted by atomic mass is 19.3. The average molecular weight is 311 g/mol. The fourth-order valence-electron chi connectivity index (χ4n) is 2.39. The fraction of sp³-hybridized carbons (Fsp3) is 0.357. The molecule has 1 aliphatic heterocycles. The molecule has 0 aliphatic carbocycles. The molecule has 0 bridgehead atoms. The van der Waals surface area contributed by atoms with E-state index in [1.54, 1.807) is 36.1 Å². The molecule has 6 nitrogen and oxygen atoms in total. The molecule has 0 radical (unpaired) electrons. The zero-order valence-corrected chi connectivity index (χ0v) is 11.8. The van der Waals surface area contributed by atoms with Crippen molar-refractivity contribution < 1.29 is 23.4 Å². The van der Waals surface area contributed by atoms with E-state index in [1.807, 2.05) is 0 Å². The number of alkyl halides is 2. The predicted molar refractivity (Wildman–Crippen MR) is 72.5 cm³/mol. The monoisotopic (exact) mass is 311 g/mol. The van der Waals surface area contributed by atoms with E-state index in [0.717, 1.165) is 5.69 Å². The first-order chi connectivity index (χ1) is 10.5. The summed E-state index contributed by atoms with van der Waals surface area (Å²) in [4.78, 5) is 0. The molecule has 1 aliphatic rings. The van der Waals surface area contributed by atoms with Gasteiger partial charge in [-0.3, -0.25) is 4.68 Å². The highest BCUT2D eigenvalue weighted by molar-refractivity contribution is 5.48. The van der Waals surface area contributed by atoms with Crippen molar-refractivity contribution in [1.82, 2.24) is 15.1 Å². The standard InChI is InChI=1S/C14H15F2N3O3/c1-19-11(5-6-18-19)10(8-20)17-7-9-3-2-4-12-13(9)22-14(15,16)21-12/h2-6,10,17,20H,7-8H2,1H3. The molecular formula is C14H15F2N3O3. The highest BCUT2D eigenvalue weighted by Crippen LogP contribution is 2.43. The number of aliphatic hydroxyl groups excluding tert-OH is 1. The van der Waals surface area contributed by atoms with Crippen molar-refractivity contribution in [1.29, 1.82) is 0 Å². The Kier molecular flexibility index (Phi) is 3.71. The van der Waals surface area contributed by atoms with Crippen LogP contribution >= 0.6 is 0 Å². The van der Waals surface area contributed by atoms with Crippen molar-refractivity contribution in [3.63, 3.8) is 0 Å². The SMILES string of the molecule is Cn1nccc1C(CO)NCc1cccc2c1OC(F)(F)O2. The molecule has 0 fully saturated rings. The first-order valence-corrected chi connectivity index (χ1v) is 6.70. The van der Waals surface area contributed by atoms with Gasteiger partial charge in [-0.15, -0.1) is 8.78 Å². The smallest absolute Gasteiger partial charge is 0.395 e. The van der Waals surface area contributed by atoms with Crippen molar-refractivity contribution in [2.45, 2.75) is 18.9 Å². The molecule has 0 saturated carbocycles. The first kappa shape index (κ1) is 14.7. The summed E-state index contributed by atoms with van der Waals surface area (Å²) in [6.07, 6.45) is -2.02. The molecule has 0 amide bonds. The lowest BCUT2D eigenvalue weighted by molar-refractivity contribution is -0.286. The quantitative estimate of drug-likeness (QED) is 0.877. The number of aromatic nitrogens is 2. The van der Waals surface area contributed by atoms with Gasteiger partial charge in [0.2, 0.25) is 0 Å². The van der Waals surface area contributed by atoms with Gasteiger partial charge in [0.1, 0.15) is 0 Å². The fourth-order valence-corrected chi connectivity index (χ4v) is 2.39. The lowest BCUT2D eigenvalue weighted by Crippen LogP contribution is -2.27. The van der Waals surface area contributed by atoms with Crippen molar-refractivity contribution in [2.75, 3.05) is 6.61 Å². The highest BCUT2D eigenvalue weighted by Gasteiger charge is 2.44. The van der Waals surface area contributed by atoms with E-state index >= 15 is 0 Å². The molecule has 1 aromatic heterocycles. The molecule has 2 N–H and O–H groups in total. The number of halogens is 2. The summed E-state index contributed by atoms with van der Waals surface area (Å²) in [6.45, 7) is 0.0844. The minimum Gasteiger partial charge on any atom is -0.395 e. The Morgan fingerprint density at radius 1 is 1.36 bits per heavy atom. The largest absolute Gasteiger partial charge is 0.586 e. The molecule has 0 saturated heterocycles. The van der Waals surface area contributed by atoms with Crippen LogP contribution in [0.5, 0.6) is 11.5 Å². The Labute approximate surface area is 125 Å². The van der Waals surface area contributed by atoms with E-state index in [0.29, 0.717) is 5.56 Å². The third-order valence-electron chi connectivity index (χ3n) is 3.45. The Morgan fingerprint density at radius 3 is 2.86 bits per heavy atom. The van der Waals surface area contributed by atoms with Crippen molar-refractivity contribution in [3.8, 4) is 11.5 Å². The third kappa shape index (κ3) is 2.75. The molecule has 22 heavy (non-hydrogen) atoms. The molecule has 2 heterocycles. The summed E-state index contributed by atoms with van der Waals surface area (Å²) in [7, 11) is 1.76. The zero-order valence-electron chi connectivity index (χ0n) is 11.8. The molecular weight excluding hydrogens is 296 g/mol. The number of aryl methyl sites for hydroxylation is 1. The molecule has 0 spiro atoms. The van der Waals surface area contributed by atoms with Gasteiger partial charge in [0.15, 0.2) is 11.5 Å². The Balaban J connectivity index is 1.75. The Morgan fingerprint density at radius 2 is 2.18 bits per heavy atom. The van der Waals surface area contributed by atoms with Gasteiger partial charge in [0, 0.05) is 25.4 Å². The summed E-state index contributed by atoms with van der Waals surface area (Å²) < 4.78 is 36.9. The molecule has 1 atom stereocenters. The number of ether oxygens (including phenoxy) is 2. The molecule has 2 aromatic rings. The lowest BCUT2D eigenvalue weighted by Gasteiger charge is -2.17. The average Bonchev–Trinajstić information content (AvgIpc) is 3.02. The van der Waals surface area contributed by atoms with Crippen LogP contribution in [-0.4, -0.2) is 27.8 Å². The minimum atomic E-state index is -3.64. The topological polar surface area (TPSA) is 68.5 Å². The van der Waals surface area contributed by atoms with Crippen LogP contribution in [0.1, 0.15) is 17.3 Å². The van der Waals surface area contributed by atoms with E-state index in [9.17, 15) is 13.9 Å². The summed E-state index contributed by atoms with van der Waals surface area (Å²) in [5, 5.41) is 16.6. The minimum absolute atomic E-state index is 0.00498. The van der Waals surface area contributed by atoms with Gasteiger partial charge in [-0.2, -0.15) is 5.10 Å². The van der Waals surface area contributed by atoms with Gasteiger partial charge in [0.05, 0.1) is 18.3 Å². The van der Waals surface area contributed by atoms with Crippen molar-refractivity contribution >= 4 is 0 Å². The second kappa shape index (κ2) is 5.54. The molecule has 1 unspecified atom stereocenters. The third-order valence-corrected chi connectivity index (χ3v) is 3.45. The van der Waals surface area contributed by atoms with Crippen LogP contribution in [0, 0.1) is 0 Å². The molecule has 1 aromatic carbocycles. The number of para-hydroxylation sites is 1. The first-order valence-electron chi connectivity index (χ1n) is 6.70. The van der Waals surface area contributed by atoms with Gasteiger partial charge in [-0.05, 0) is 12.1 Å². The van der Waals surface area contributed by atoms with Crippen molar-refractivity contribution in [2.24, 2.45) is 7.05 Å². The maximum Gasteiger partial charge on any atom is 0.586 e. The number of hydrogen-bond acceptors (Lipinski definition) is 5. The number of fused-ring (bicyclic) bond motifs is 1. The number of nitrogens with one attached hydrogen (secondary N) is 1. The maximum absolute atomic E-state index is 13.1. The number of rotatable bonds is 5. The Bertz CT molecular complexity index is 675. The predicted octanol–water partition coefficient (Wildman–Crippen LogP) is 1.56. The van der Waals surface area contributed by atoms with E-state index in [2.05, 4.69) is 19.9 Å². The Hall–Kier alpha value is -2.19. The van der Waals surface area contributed by atoms with Crippen LogP contribution < -0.4 is 14.8 Å². The summed E-state index contributed by atoms with van der Waals surface area (Å²) in [5.74, 6) is 0.0204. The number of benzene rings is 1. The summed E-state index contributed by atoms with van der Waals surface area (Å²) in [5.41, 5.74) is 1.31. The van der Waals surface area contributed by atoms with Crippen LogP contribution in [0.3, 0.4) is 0 Å². The van der Waals surface area contributed by atoms with Crippen LogP contribution in [0.4, 0.5) is 8.78 Å². The van der Waals surface area contributed by atoms with Gasteiger partial charge >= 0.3 is 6.29 Å². The van der Waals surface area contributed by atoms with Crippen LogP contribution in [0.2, 0.25) is 0 Å². The maximum atomic E-state index is 13.1. The number of aliphatic hydroxyl groups is 1. The second-order valence-corrected chi connectivity index (χ2v) is 4.91. The van der Waals surface area contributed by atoms with E-state index < -0.39 is 6.29 Å². The number of hydrogen-bond donors (Lipinski definition) is 2. The summed E-state index contributed by atoms with van der Waals surface area (Å²) >= 11 is 0. The molecule has 3 rings (SSSR count). The van der Waals surface area contributed by atoms with Crippen LogP contribution in [0.25, 0.3) is 0 Å². The zero-order chi connectivity index (χ0) is 15.7. The lowest BCUT2D eigenvalue weighted by atomic mass is 10.1. The van der Waals surface area contributed by atoms with Crippen molar-refractivity contribution in [3.05, 3.63) is 41.7 Å². The van der Waals surface area contributed by atoms with E-state index in [4.69, 9.17) is 0 Å². The summed E-state index contributed by atoms with van der Waals surface area (Å²) in [6, 6.07) is 6.10. The normalized spacial score (nSPS) is 16.7. The van der Waals surface area contributed by atoms with Gasteiger partial charge in [-0.1, -0.05) is 12.1 Å². The molecule has 118 valence electrons. The van der Waals surface area contributed by atoms with Gasteiger partial charge in [-0.25, -0.2) is 0 Å². The number of nitrogens with zero attached hydrogens (tertiary/aromatic N) is 2. The second-order valence-electron chi connectivity index (χ2n) is 4.91. The molecule has 8 heteroatoms. The van der Waals surface area contributed by atoms with Gasteiger partial charge < -0.3 is 19.9 Å². The van der Waals surface area contributed by atoms with Gasteiger partial charge in [0.25, 0.3) is 0 Å².